The Balaban J connectivity index is 2.63. The Hall–Kier alpha value is -3.09. The van der Waals surface area contributed by atoms with Gasteiger partial charge in [-0.1, -0.05) is 0 Å². The van der Waals surface area contributed by atoms with E-state index in [9.17, 15) is 35.4 Å². The second-order valence-corrected chi connectivity index (χ2v) is 4.02. The molecule has 0 unspecified atom stereocenters. The van der Waals surface area contributed by atoms with Crippen LogP contribution in [-0.2, 0) is 0 Å². The number of carbonyl (C=O) groups excluding carboxylic acids is 1. The fourth-order valence-corrected chi connectivity index (χ4v) is 1.66. The maximum absolute atomic E-state index is 12.1. The molecular formula is C13H10O7. The Kier molecular flexibility index (Phi) is 3.03. The van der Waals surface area contributed by atoms with E-state index in [-0.39, 0.29) is 11.3 Å². The summed E-state index contributed by atoms with van der Waals surface area (Å²) in [5.74, 6) is -5.51. The lowest BCUT2D eigenvalue weighted by molar-refractivity contribution is 0.103. The Morgan fingerprint density at radius 1 is 0.700 bits per heavy atom. The standard InChI is InChI=1S/C13H10O7/c14-5-1-2-8(15)6(3-5)10(17)7-4-9(16)12(19)13(20)11(7)18/h1-4,14-16,18-20H. The van der Waals surface area contributed by atoms with E-state index in [1.165, 1.54) is 0 Å². The van der Waals surface area contributed by atoms with Crippen molar-refractivity contribution >= 4 is 5.78 Å². The van der Waals surface area contributed by atoms with Crippen LogP contribution in [-0.4, -0.2) is 36.4 Å². The van der Waals surface area contributed by atoms with Crippen molar-refractivity contribution in [1.82, 2.24) is 0 Å². The van der Waals surface area contributed by atoms with Crippen molar-refractivity contribution in [2.75, 3.05) is 0 Å². The number of phenols is 6. The number of ketones is 1. The Labute approximate surface area is 112 Å². The van der Waals surface area contributed by atoms with Gasteiger partial charge in [-0.3, -0.25) is 4.79 Å². The number of hydrogen-bond donors (Lipinski definition) is 6. The van der Waals surface area contributed by atoms with Crippen LogP contribution >= 0.6 is 0 Å². The number of rotatable bonds is 2. The van der Waals surface area contributed by atoms with Gasteiger partial charge < -0.3 is 30.6 Å². The van der Waals surface area contributed by atoms with Crippen molar-refractivity contribution < 1.29 is 35.4 Å². The van der Waals surface area contributed by atoms with Gasteiger partial charge in [0.25, 0.3) is 0 Å². The van der Waals surface area contributed by atoms with E-state index in [0.717, 1.165) is 24.3 Å². The fourth-order valence-electron chi connectivity index (χ4n) is 1.66. The van der Waals surface area contributed by atoms with Gasteiger partial charge in [-0.05, 0) is 24.3 Å². The molecule has 6 N–H and O–H groups in total. The zero-order valence-corrected chi connectivity index (χ0v) is 9.90. The normalized spacial score (nSPS) is 10.4. The average Bonchev–Trinajstić information content (AvgIpc) is 2.42. The Morgan fingerprint density at radius 3 is 2.00 bits per heavy atom. The zero-order chi connectivity index (χ0) is 15.0. The molecule has 0 aliphatic carbocycles. The van der Waals surface area contributed by atoms with Crippen molar-refractivity contribution in [3.8, 4) is 34.5 Å². The molecule has 2 rings (SSSR count). The van der Waals surface area contributed by atoms with E-state index in [1.807, 2.05) is 0 Å². The molecule has 0 saturated carbocycles. The van der Waals surface area contributed by atoms with E-state index in [0.29, 0.717) is 0 Å². The number of aromatic hydroxyl groups is 6. The predicted molar refractivity (Wildman–Crippen MR) is 66.3 cm³/mol. The molecule has 0 amide bonds. The van der Waals surface area contributed by atoms with Crippen LogP contribution in [0, 0.1) is 0 Å². The highest BCUT2D eigenvalue weighted by Crippen LogP contribution is 2.44. The molecule has 2 aromatic carbocycles. The van der Waals surface area contributed by atoms with Gasteiger partial charge in [0.05, 0.1) is 11.1 Å². The van der Waals surface area contributed by atoms with Crippen molar-refractivity contribution in [1.29, 1.82) is 0 Å². The molecule has 0 bridgehead atoms. The maximum Gasteiger partial charge on any atom is 0.205 e. The quantitative estimate of drug-likeness (QED) is 0.275. The van der Waals surface area contributed by atoms with Crippen LogP contribution < -0.4 is 0 Å². The summed E-state index contributed by atoms with van der Waals surface area (Å²) in [6.45, 7) is 0. The smallest absolute Gasteiger partial charge is 0.205 e. The first-order valence-corrected chi connectivity index (χ1v) is 5.36. The van der Waals surface area contributed by atoms with Crippen molar-refractivity contribution in [3.05, 3.63) is 35.4 Å². The Bertz CT molecular complexity index is 706. The SMILES string of the molecule is O=C(c1cc(O)ccc1O)c1cc(O)c(O)c(O)c1O. The van der Waals surface area contributed by atoms with E-state index in [1.54, 1.807) is 0 Å². The van der Waals surface area contributed by atoms with E-state index >= 15 is 0 Å². The van der Waals surface area contributed by atoms with Gasteiger partial charge in [0.1, 0.15) is 11.5 Å². The van der Waals surface area contributed by atoms with Crippen LogP contribution in [0.15, 0.2) is 24.3 Å². The van der Waals surface area contributed by atoms with Crippen molar-refractivity contribution in [3.63, 3.8) is 0 Å². The van der Waals surface area contributed by atoms with Crippen LogP contribution in [0.1, 0.15) is 15.9 Å². The lowest BCUT2D eigenvalue weighted by Crippen LogP contribution is -2.02. The summed E-state index contributed by atoms with van der Waals surface area (Å²) >= 11 is 0. The van der Waals surface area contributed by atoms with Crippen molar-refractivity contribution in [2.45, 2.75) is 0 Å². The summed E-state index contributed by atoms with van der Waals surface area (Å²) < 4.78 is 0. The summed E-state index contributed by atoms with van der Waals surface area (Å²) in [6.07, 6.45) is 0. The van der Waals surface area contributed by atoms with Gasteiger partial charge in [0.2, 0.25) is 17.3 Å². The third-order valence-electron chi connectivity index (χ3n) is 2.70. The van der Waals surface area contributed by atoms with Gasteiger partial charge in [-0.15, -0.1) is 0 Å². The molecule has 104 valence electrons. The highest BCUT2D eigenvalue weighted by molar-refractivity contribution is 6.13. The molecular weight excluding hydrogens is 268 g/mol. The second kappa shape index (κ2) is 4.54. The van der Waals surface area contributed by atoms with Gasteiger partial charge in [0, 0.05) is 0 Å². The molecule has 0 radical (unpaired) electrons. The zero-order valence-electron chi connectivity index (χ0n) is 9.90. The van der Waals surface area contributed by atoms with E-state index in [4.69, 9.17) is 0 Å². The topological polar surface area (TPSA) is 138 Å². The molecule has 0 atom stereocenters. The van der Waals surface area contributed by atoms with Crippen LogP contribution in [0.4, 0.5) is 0 Å². The third-order valence-corrected chi connectivity index (χ3v) is 2.70. The van der Waals surface area contributed by atoms with Crippen LogP contribution in [0.5, 0.6) is 34.5 Å². The highest BCUT2D eigenvalue weighted by atomic mass is 16.3. The minimum absolute atomic E-state index is 0.294. The van der Waals surface area contributed by atoms with E-state index in [2.05, 4.69) is 0 Å². The van der Waals surface area contributed by atoms with Gasteiger partial charge >= 0.3 is 0 Å². The van der Waals surface area contributed by atoms with Gasteiger partial charge in [0.15, 0.2) is 11.5 Å². The van der Waals surface area contributed by atoms with Gasteiger partial charge in [-0.2, -0.15) is 0 Å². The minimum Gasteiger partial charge on any atom is -0.508 e. The largest absolute Gasteiger partial charge is 0.508 e. The number of benzene rings is 2. The minimum atomic E-state index is -1.06. The summed E-state index contributed by atoms with van der Waals surface area (Å²) in [7, 11) is 0. The molecule has 0 saturated heterocycles. The monoisotopic (exact) mass is 278 g/mol. The number of hydrogen-bond acceptors (Lipinski definition) is 7. The molecule has 0 aromatic heterocycles. The first-order chi connectivity index (χ1) is 9.32. The van der Waals surface area contributed by atoms with Crippen molar-refractivity contribution in [2.24, 2.45) is 0 Å². The second-order valence-electron chi connectivity index (χ2n) is 4.02. The average molecular weight is 278 g/mol. The predicted octanol–water partition coefficient (Wildman–Crippen LogP) is 1.15. The number of carbonyl (C=O) groups is 1. The maximum atomic E-state index is 12.1. The molecule has 0 fully saturated rings. The highest BCUT2D eigenvalue weighted by Gasteiger charge is 2.24. The van der Waals surface area contributed by atoms with E-state index < -0.39 is 40.1 Å². The molecule has 0 spiro atoms. The summed E-state index contributed by atoms with van der Waals surface area (Å²) in [4.78, 5) is 12.1. The lowest BCUT2D eigenvalue weighted by Gasteiger charge is -2.09. The lowest BCUT2D eigenvalue weighted by atomic mass is 10.00. The molecule has 7 nitrogen and oxygen atoms in total. The van der Waals surface area contributed by atoms with Crippen LogP contribution in [0.2, 0.25) is 0 Å². The molecule has 7 heteroatoms. The van der Waals surface area contributed by atoms with Crippen LogP contribution in [0.3, 0.4) is 0 Å². The third kappa shape index (κ3) is 2.01. The first-order valence-electron chi connectivity index (χ1n) is 5.36. The molecule has 0 aliphatic heterocycles. The Morgan fingerprint density at radius 2 is 1.35 bits per heavy atom. The molecule has 0 aliphatic rings. The molecule has 2 aromatic rings. The first kappa shape index (κ1) is 13.3. The number of phenolic OH excluding ortho intramolecular Hbond substituents is 6. The summed E-state index contributed by atoms with van der Waals surface area (Å²) in [5.41, 5.74) is -0.886. The summed E-state index contributed by atoms with van der Waals surface area (Å²) in [6, 6.07) is 3.91. The van der Waals surface area contributed by atoms with Gasteiger partial charge in [-0.25, -0.2) is 0 Å². The van der Waals surface area contributed by atoms with Crippen LogP contribution in [0.25, 0.3) is 0 Å². The fraction of sp³-hybridized carbons (Fsp3) is 0. The summed E-state index contributed by atoms with van der Waals surface area (Å²) in [5, 5.41) is 56.4. The molecule has 0 heterocycles. The molecule has 20 heavy (non-hydrogen) atoms.